The van der Waals surface area contributed by atoms with Crippen LogP contribution in [0.25, 0.3) is 0 Å². The Morgan fingerprint density at radius 3 is 2.12 bits per heavy atom. The van der Waals surface area contributed by atoms with Gasteiger partial charge >= 0.3 is 0 Å². The van der Waals surface area contributed by atoms with Crippen LogP contribution in [0, 0.1) is 0 Å². The highest BCUT2D eigenvalue weighted by Gasteiger charge is 2.31. The molecular weight excluding hydrogens is 448 g/mol. The molecule has 1 aliphatic heterocycles. The predicted octanol–water partition coefficient (Wildman–Crippen LogP) is 2.26. The maximum absolute atomic E-state index is 13.1. The Balaban J connectivity index is 1.35. The molecule has 0 bridgehead atoms. The topological polar surface area (TPSA) is 91.8 Å². The van der Waals surface area contributed by atoms with Gasteiger partial charge in [-0.1, -0.05) is 24.3 Å². The molecule has 1 fully saturated rings. The summed E-state index contributed by atoms with van der Waals surface area (Å²) in [6, 6.07) is 13.5. The Hall–Kier alpha value is -2.23. The lowest BCUT2D eigenvalue weighted by molar-refractivity contribution is -0.131. The number of rotatable bonds is 6. The highest BCUT2D eigenvalue weighted by atomic mass is 32.2. The van der Waals surface area contributed by atoms with Gasteiger partial charge in [-0.05, 0) is 61.1 Å². The Kier molecular flexibility index (Phi) is 6.69. The summed E-state index contributed by atoms with van der Waals surface area (Å²) in [5.41, 5.74) is 2.35. The smallest absolute Gasteiger partial charge is 0.243 e. The number of sulfonamides is 1. The first-order chi connectivity index (χ1) is 15.3. The summed E-state index contributed by atoms with van der Waals surface area (Å²) in [5, 5.41) is 0. The number of piperazine rings is 1. The molecule has 1 aliphatic carbocycles. The van der Waals surface area contributed by atoms with E-state index in [2.05, 4.69) is 0 Å². The second-order valence-corrected chi connectivity index (χ2v) is 12.4. The molecule has 1 amide bonds. The molecule has 2 aromatic carbocycles. The second-order valence-electron chi connectivity index (χ2n) is 8.30. The third-order valence-corrected chi connectivity index (χ3v) is 9.86. The van der Waals surface area contributed by atoms with Gasteiger partial charge < -0.3 is 4.90 Å². The summed E-state index contributed by atoms with van der Waals surface area (Å²) in [6.07, 6.45) is 4.01. The highest BCUT2D eigenvalue weighted by Crippen LogP contribution is 2.26. The minimum absolute atomic E-state index is 0.116. The van der Waals surface area contributed by atoms with E-state index in [4.69, 9.17) is 0 Å². The summed E-state index contributed by atoms with van der Waals surface area (Å²) in [7, 11) is -7.14. The third kappa shape index (κ3) is 4.89. The number of carbonyl (C=O) groups is 1. The molecular formula is C23H28N2O5S2. The Labute approximate surface area is 190 Å². The van der Waals surface area contributed by atoms with Crippen LogP contribution in [0.3, 0.4) is 0 Å². The number of benzene rings is 2. The number of hydrogen-bond donors (Lipinski definition) is 0. The molecule has 1 heterocycles. The maximum Gasteiger partial charge on any atom is 0.243 e. The number of aryl methyl sites for hydroxylation is 2. The number of hydrogen-bond acceptors (Lipinski definition) is 5. The highest BCUT2D eigenvalue weighted by molar-refractivity contribution is 7.91. The number of nitrogens with zero attached hydrogens (tertiary/aromatic N) is 2. The molecule has 7 nitrogen and oxygen atoms in total. The summed E-state index contributed by atoms with van der Waals surface area (Å²) >= 11 is 0. The van der Waals surface area contributed by atoms with Crippen molar-refractivity contribution in [2.75, 3.05) is 31.9 Å². The molecule has 1 saturated heterocycles. The monoisotopic (exact) mass is 476 g/mol. The minimum Gasteiger partial charge on any atom is -0.340 e. The fourth-order valence-electron chi connectivity index (χ4n) is 4.32. The predicted molar refractivity (Wildman–Crippen MR) is 122 cm³/mol. The van der Waals surface area contributed by atoms with Crippen molar-refractivity contribution in [2.24, 2.45) is 0 Å². The molecule has 0 unspecified atom stereocenters. The van der Waals surface area contributed by atoms with Crippen molar-refractivity contribution in [2.45, 2.75) is 41.9 Å². The lowest BCUT2D eigenvalue weighted by atomic mass is 9.92. The van der Waals surface area contributed by atoms with Crippen molar-refractivity contribution in [3.05, 3.63) is 59.7 Å². The van der Waals surface area contributed by atoms with Gasteiger partial charge in [0.1, 0.15) is 0 Å². The SMILES string of the molecule is O=C(CCS(=O)(=O)c1ccccc1)N1CCN(S(=O)(=O)c2ccc3c(c2)CCCC3)CC1. The van der Waals surface area contributed by atoms with Crippen LogP contribution in [-0.4, -0.2) is 63.9 Å². The van der Waals surface area contributed by atoms with Crippen molar-refractivity contribution in [3.63, 3.8) is 0 Å². The van der Waals surface area contributed by atoms with Gasteiger partial charge in [-0.15, -0.1) is 0 Å². The van der Waals surface area contributed by atoms with Crippen LogP contribution in [0.5, 0.6) is 0 Å². The number of carbonyl (C=O) groups excluding carboxylic acids is 1. The number of sulfone groups is 1. The van der Waals surface area contributed by atoms with Crippen LogP contribution < -0.4 is 0 Å². The van der Waals surface area contributed by atoms with Gasteiger partial charge in [-0.3, -0.25) is 4.79 Å². The first kappa shape index (κ1) is 22.9. The Bertz CT molecular complexity index is 1190. The van der Waals surface area contributed by atoms with Crippen molar-refractivity contribution in [1.29, 1.82) is 0 Å². The van der Waals surface area contributed by atoms with Gasteiger partial charge in [0.05, 0.1) is 15.5 Å². The standard InChI is InChI=1S/C23H28N2O5S2/c26-23(12-17-31(27,28)21-8-2-1-3-9-21)24-13-15-25(16-14-24)32(29,30)22-11-10-19-6-4-5-7-20(19)18-22/h1-3,8-11,18H,4-7,12-17H2. The normalized spacial score (nSPS) is 17.7. The van der Waals surface area contributed by atoms with E-state index in [1.807, 2.05) is 6.07 Å². The molecule has 0 aromatic heterocycles. The molecule has 172 valence electrons. The molecule has 0 N–H and O–H groups in total. The van der Waals surface area contributed by atoms with Crippen molar-refractivity contribution >= 4 is 25.8 Å². The average Bonchev–Trinajstić information content (AvgIpc) is 2.83. The van der Waals surface area contributed by atoms with Gasteiger partial charge in [0.25, 0.3) is 0 Å². The summed E-state index contributed by atoms with van der Waals surface area (Å²) in [4.78, 5) is 14.6. The van der Waals surface area contributed by atoms with Crippen LogP contribution in [0.1, 0.15) is 30.4 Å². The largest absolute Gasteiger partial charge is 0.340 e. The zero-order valence-electron chi connectivity index (χ0n) is 17.9. The first-order valence-corrected chi connectivity index (χ1v) is 14.0. The van der Waals surface area contributed by atoms with E-state index in [1.54, 1.807) is 35.2 Å². The van der Waals surface area contributed by atoms with E-state index in [0.29, 0.717) is 4.90 Å². The van der Waals surface area contributed by atoms with Crippen molar-refractivity contribution in [1.82, 2.24) is 9.21 Å². The second kappa shape index (κ2) is 9.33. The molecule has 0 radical (unpaired) electrons. The van der Waals surface area contributed by atoms with E-state index in [9.17, 15) is 21.6 Å². The number of fused-ring (bicyclic) bond motifs is 1. The van der Waals surface area contributed by atoms with Gasteiger partial charge in [-0.2, -0.15) is 4.31 Å². The van der Waals surface area contributed by atoms with Crippen molar-refractivity contribution in [3.8, 4) is 0 Å². The van der Waals surface area contributed by atoms with Crippen LogP contribution in [-0.2, 0) is 37.5 Å². The van der Waals surface area contributed by atoms with E-state index in [0.717, 1.165) is 31.2 Å². The molecule has 2 aliphatic rings. The van der Waals surface area contributed by atoms with Crippen LogP contribution in [0.4, 0.5) is 0 Å². The van der Waals surface area contributed by atoms with Crippen LogP contribution >= 0.6 is 0 Å². The van der Waals surface area contributed by atoms with Gasteiger partial charge in [0, 0.05) is 32.6 Å². The van der Waals surface area contributed by atoms with Crippen LogP contribution in [0.15, 0.2) is 58.3 Å². The first-order valence-electron chi connectivity index (χ1n) is 10.9. The molecule has 2 aromatic rings. The Morgan fingerprint density at radius 2 is 1.44 bits per heavy atom. The number of amides is 1. The Morgan fingerprint density at radius 1 is 0.781 bits per heavy atom. The molecule has 4 rings (SSSR count). The summed E-state index contributed by atoms with van der Waals surface area (Å²) in [6.45, 7) is 0.927. The average molecular weight is 477 g/mol. The van der Waals surface area contributed by atoms with E-state index < -0.39 is 19.9 Å². The van der Waals surface area contributed by atoms with E-state index in [1.165, 1.54) is 22.0 Å². The molecule has 0 saturated carbocycles. The minimum atomic E-state index is -3.62. The molecule has 9 heteroatoms. The quantitative estimate of drug-likeness (QED) is 0.638. The zero-order chi connectivity index (χ0) is 22.8. The van der Waals surface area contributed by atoms with E-state index in [-0.39, 0.29) is 49.2 Å². The lowest BCUT2D eigenvalue weighted by Crippen LogP contribution is -2.50. The fourth-order valence-corrected chi connectivity index (χ4v) is 7.05. The summed E-state index contributed by atoms with van der Waals surface area (Å²) < 4.78 is 52.4. The van der Waals surface area contributed by atoms with Crippen LogP contribution in [0.2, 0.25) is 0 Å². The zero-order valence-corrected chi connectivity index (χ0v) is 19.6. The third-order valence-electron chi connectivity index (χ3n) is 6.24. The lowest BCUT2D eigenvalue weighted by Gasteiger charge is -2.34. The van der Waals surface area contributed by atoms with Crippen molar-refractivity contribution < 1.29 is 21.6 Å². The van der Waals surface area contributed by atoms with Gasteiger partial charge in [-0.25, -0.2) is 16.8 Å². The molecule has 0 atom stereocenters. The maximum atomic E-state index is 13.1. The van der Waals surface area contributed by atoms with E-state index >= 15 is 0 Å². The molecule has 0 spiro atoms. The van der Waals surface area contributed by atoms with Gasteiger partial charge in [0.15, 0.2) is 9.84 Å². The molecule has 32 heavy (non-hydrogen) atoms. The fraction of sp³-hybridized carbons (Fsp3) is 0.435. The summed E-state index contributed by atoms with van der Waals surface area (Å²) in [5.74, 6) is -0.529. The van der Waals surface area contributed by atoms with Gasteiger partial charge in [0.2, 0.25) is 15.9 Å².